The Morgan fingerprint density at radius 2 is 2.06 bits per heavy atom. The first-order valence-electron chi connectivity index (χ1n) is 10.3. The highest BCUT2D eigenvalue weighted by molar-refractivity contribution is 5.54. The van der Waals surface area contributed by atoms with E-state index in [1.807, 2.05) is 16.7 Å². The zero-order valence-corrected chi connectivity index (χ0v) is 16.6. The zero-order chi connectivity index (χ0) is 21.2. The number of piperidine rings is 1. The van der Waals surface area contributed by atoms with E-state index in [9.17, 15) is 13.6 Å². The van der Waals surface area contributed by atoms with Gasteiger partial charge in [-0.15, -0.1) is 8.78 Å². The normalized spacial score (nSPS) is 23.5. The molecule has 0 unspecified atom stereocenters. The summed E-state index contributed by atoms with van der Waals surface area (Å²) in [5.41, 5.74) is 2.25. The topological polar surface area (TPSA) is 72.4 Å². The summed E-state index contributed by atoms with van der Waals surface area (Å²) in [6, 6.07) is 8.84. The predicted molar refractivity (Wildman–Crippen MR) is 107 cm³/mol. The molecule has 1 saturated heterocycles. The van der Waals surface area contributed by atoms with Crippen molar-refractivity contribution in [2.24, 2.45) is 5.92 Å². The number of pyridine rings is 1. The lowest BCUT2D eigenvalue weighted by molar-refractivity contribution is -0.287. The van der Waals surface area contributed by atoms with Crippen LogP contribution in [0.25, 0.3) is 11.4 Å². The number of aromatic amines is 1. The average molecular weight is 426 g/mol. The van der Waals surface area contributed by atoms with Crippen LogP contribution in [0.5, 0.6) is 11.5 Å². The van der Waals surface area contributed by atoms with Gasteiger partial charge in [-0.25, -0.2) is 4.98 Å². The summed E-state index contributed by atoms with van der Waals surface area (Å²) in [4.78, 5) is 22.6. The SMILES string of the molecule is O=c1c(-c2ncc[nH]2)ccc2n1C[C@H]1C[C@@H]2CN(Cc2cccc3c2OC(F)(F)O3)C1. The number of ether oxygens (including phenoxy) is 2. The third kappa shape index (κ3) is 3.11. The minimum absolute atomic E-state index is 0.0238. The Balaban J connectivity index is 1.27. The fraction of sp³-hybridized carbons (Fsp3) is 0.364. The fourth-order valence-electron chi connectivity index (χ4n) is 5.16. The van der Waals surface area contributed by atoms with Crippen LogP contribution in [0.15, 0.2) is 47.5 Å². The van der Waals surface area contributed by atoms with Gasteiger partial charge in [0.1, 0.15) is 5.82 Å². The van der Waals surface area contributed by atoms with E-state index in [1.54, 1.807) is 24.5 Å². The quantitative estimate of drug-likeness (QED) is 0.697. The first kappa shape index (κ1) is 18.6. The van der Waals surface area contributed by atoms with Crippen molar-refractivity contribution in [1.29, 1.82) is 0 Å². The number of alkyl halides is 2. The van der Waals surface area contributed by atoms with Crippen LogP contribution in [-0.2, 0) is 13.1 Å². The molecule has 2 atom stereocenters. The molecule has 0 amide bonds. The van der Waals surface area contributed by atoms with Crippen molar-refractivity contribution in [2.75, 3.05) is 13.1 Å². The van der Waals surface area contributed by atoms with Crippen LogP contribution in [0.4, 0.5) is 8.78 Å². The first-order valence-corrected chi connectivity index (χ1v) is 10.3. The molecule has 7 nitrogen and oxygen atoms in total. The van der Waals surface area contributed by atoms with Crippen LogP contribution >= 0.6 is 0 Å². The number of aromatic nitrogens is 3. The van der Waals surface area contributed by atoms with E-state index in [2.05, 4.69) is 19.6 Å². The van der Waals surface area contributed by atoms with Crippen LogP contribution in [0, 0.1) is 5.92 Å². The van der Waals surface area contributed by atoms with E-state index < -0.39 is 6.29 Å². The van der Waals surface area contributed by atoms with Gasteiger partial charge in [-0.1, -0.05) is 12.1 Å². The second kappa shape index (κ2) is 6.65. The highest BCUT2D eigenvalue weighted by atomic mass is 19.3. The summed E-state index contributed by atoms with van der Waals surface area (Å²) in [6.45, 7) is 2.66. The van der Waals surface area contributed by atoms with E-state index in [4.69, 9.17) is 4.74 Å². The third-order valence-electron chi connectivity index (χ3n) is 6.34. The maximum Gasteiger partial charge on any atom is 0.586 e. The van der Waals surface area contributed by atoms with Gasteiger partial charge in [0, 0.05) is 55.7 Å². The summed E-state index contributed by atoms with van der Waals surface area (Å²) >= 11 is 0. The molecule has 3 aromatic rings. The zero-order valence-electron chi connectivity index (χ0n) is 16.6. The van der Waals surface area contributed by atoms with Gasteiger partial charge in [0.25, 0.3) is 5.56 Å². The molecule has 1 aromatic carbocycles. The lowest BCUT2D eigenvalue weighted by Gasteiger charge is -2.43. The molecule has 31 heavy (non-hydrogen) atoms. The summed E-state index contributed by atoms with van der Waals surface area (Å²) in [5.74, 6) is 1.28. The van der Waals surface area contributed by atoms with E-state index in [1.165, 1.54) is 6.07 Å². The summed E-state index contributed by atoms with van der Waals surface area (Å²) in [5, 5.41) is 0. The molecule has 1 N–H and O–H groups in total. The minimum atomic E-state index is -3.62. The molecule has 0 radical (unpaired) electrons. The highest BCUT2D eigenvalue weighted by Gasteiger charge is 2.45. The molecule has 2 aromatic heterocycles. The van der Waals surface area contributed by atoms with Gasteiger partial charge in [-0.3, -0.25) is 9.69 Å². The first-order chi connectivity index (χ1) is 15.0. The van der Waals surface area contributed by atoms with E-state index in [-0.39, 0.29) is 23.0 Å². The summed E-state index contributed by atoms with van der Waals surface area (Å²) in [6.07, 6.45) is 0.732. The molecule has 9 heteroatoms. The molecule has 2 bridgehead atoms. The highest BCUT2D eigenvalue weighted by Crippen LogP contribution is 2.44. The molecular weight excluding hydrogens is 406 g/mol. The van der Waals surface area contributed by atoms with Crippen molar-refractivity contribution in [1.82, 2.24) is 19.4 Å². The number of benzene rings is 1. The van der Waals surface area contributed by atoms with Gasteiger partial charge in [0.05, 0.1) is 5.56 Å². The largest absolute Gasteiger partial charge is 0.586 e. The van der Waals surface area contributed by atoms with Crippen molar-refractivity contribution >= 4 is 0 Å². The van der Waals surface area contributed by atoms with Crippen LogP contribution < -0.4 is 15.0 Å². The Labute approximate surface area is 176 Å². The average Bonchev–Trinajstić information content (AvgIpc) is 3.36. The number of nitrogens with one attached hydrogen (secondary N) is 1. The number of hydrogen-bond donors (Lipinski definition) is 1. The number of imidazole rings is 1. The predicted octanol–water partition coefficient (Wildman–Crippen LogP) is 3.18. The Bertz CT molecular complexity index is 1210. The van der Waals surface area contributed by atoms with Gasteiger partial charge >= 0.3 is 6.29 Å². The Kier molecular flexibility index (Phi) is 3.98. The standard InChI is InChI=1S/C22H20F2N4O3/c23-22(24)30-18-3-1-2-14(19(18)31-22)11-27-9-13-8-15(12-27)17-5-4-16(20-25-6-7-26-20)21(29)28(17)10-13/h1-7,13,15H,8-12H2,(H,25,26)/t13-,15+/m0/s1. The van der Waals surface area contributed by atoms with Crippen LogP contribution in [0.3, 0.4) is 0 Å². The molecule has 5 heterocycles. The van der Waals surface area contributed by atoms with Crippen molar-refractivity contribution in [3.63, 3.8) is 0 Å². The molecule has 3 aliphatic rings. The summed E-state index contributed by atoms with van der Waals surface area (Å²) < 4.78 is 38.3. The molecular formula is C22H20F2N4O3. The third-order valence-corrected chi connectivity index (χ3v) is 6.34. The van der Waals surface area contributed by atoms with Gasteiger partial charge in [-0.2, -0.15) is 0 Å². The number of rotatable bonds is 3. The lowest BCUT2D eigenvalue weighted by atomic mass is 9.82. The smallest absolute Gasteiger partial charge is 0.395 e. The lowest BCUT2D eigenvalue weighted by Crippen LogP contribution is -2.47. The van der Waals surface area contributed by atoms with Crippen molar-refractivity contribution in [3.05, 3.63) is 64.3 Å². The fourth-order valence-corrected chi connectivity index (χ4v) is 5.16. The maximum atomic E-state index is 13.5. The number of para-hydroxylation sites is 1. The summed E-state index contributed by atoms with van der Waals surface area (Å²) in [7, 11) is 0. The molecule has 0 saturated carbocycles. The molecule has 6 rings (SSSR count). The van der Waals surface area contributed by atoms with Gasteiger partial charge in [0.2, 0.25) is 0 Å². The van der Waals surface area contributed by atoms with E-state index >= 15 is 0 Å². The number of H-pyrrole nitrogens is 1. The Morgan fingerprint density at radius 1 is 1.16 bits per heavy atom. The van der Waals surface area contributed by atoms with Gasteiger partial charge in [0.15, 0.2) is 11.5 Å². The molecule has 0 aliphatic carbocycles. The molecule has 160 valence electrons. The van der Waals surface area contributed by atoms with Crippen molar-refractivity contribution < 1.29 is 18.3 Å². The molecule has 0 spiro atoms. The molecule has 1 fully saturated rings. The number of nitrogens with zero attached hydrogens (tertiary/aromatic N) is 3. The minimum Gasteiger partial charge on any atom is -0.395 e. The molecule has 3 aliphatic heterocycles. The monoisotopic (exact) mass is 426 g/mol. The van der Waals surface area contributed by atoms with E-state index in [0.29, 0.717) is 36.0 Å². The number of fused-ring (bicyclic) bond motifs is 5. The number of hydrogen-bond acceptors (Lipinski definition) is 5. The number of likely N-dealkylation sites (tertiary alicyclic amines) is 1. The second-order valence-corrected chi connectivity index (χ2v) is 8.43. The van der Waals surface area contributed by atoms with Crippen LogP contribution in [-0.4, -0.2) is 38.8 Å². The van der Waals surface area contributed by atoms with Crippen LogP contribution in [0.1, 0.15) is 23.6 Å². The Hall–Kier alpha value is -3.20. The van der Waals surface area contributed by atoms with E-state index in [0.717, 1.165) is 25.2 Å². The van der Waals surface area contributed by atoms with Crippen molar-refractivity contribution in [3.8, 4) is 22.9 Å². The van der Waals surface area contributed by atoms with Crippen molar-refractivity contribution in [2.45, 2.75) is 31.7 Å². The van der Waals surface area contributed by atoms with Gasteiger partial charge < -0.3 is 19.0 Å². The maximum absolute atomic E-state index is 13.5. The number of halogens is 2. The second-order valence-electron chi connectivity index (χ2n) is 8.43. The van der Waals surface area contributed by atoms with Gasteiger partial charge in [-0.05, 0) is 30.5 Å². The Morgan fingerprint density at radius 3 is 2.90 bits per heavy atom. The van der Waals surface area contributed by atoms with Crippen LogP contribution in [0.2, 0.25) is 0 Å².